The molecule has 0 amide bonds. The Morgan fingerprint density at radius 3 is 1.62 bits per heavy atom. The molecule has 4 heteroatoms. The molecule has 0 spiro atoms. The van der Waals surface area contributed by atoms with Crippen LogP contribution in [0.25, 0.3) is 0 Å². The van der Waals surface area contributed by atoms with Gasteiger partial charge in [-0.3, -0.25) is 0 Å². The Bertz CT molecular complexity index is 598. The normalized spacial score (nSPS) is 16.0. The van der Waals surface area contributed by atoms with Gasteiger partial charge in [-0.2, -0.15) is 0 Å². The highest BCUT2D eigenvalue weighted by Gasteiger charge is 2.40. The van der Waals surface area contributed by atoms with Gasteiger partial charge in [0.1, 0.15) is 17.1 Å². The standard InChI is InChI=1S/C20H25NO3/c1-23-18-7-3-15(4-8-18)20(22,17-11-13-21-14-12-17)16-5-9-19(24-2)10-6-16/h3-10,17,21-22H,11-14H2,1-2H3. The van der Waals surface area contributed by atoms with Crippen LogP contribution in [0, 0.1) is 5.92 Å². The van der Waals surface area contributed by atoms with E-state index in [2.05, 4.69) is 5.32 Å². The Kier molecular flexibility index (Phi) is 5.07. The second-order valence-corrected chi connectivity index (χ2v) is 6.25. The van der Waals surface area contributed by atoms with Gasteiger partial charge in [0.25, 0.3) is 0 Å². The molecule has 3 rings (SSSR count). The third-order valence-electron chi connectivity index (χ3n) is 4.99. The minimum atomic E-state index is -1.01. The van der Waals surface area contributed by atoms with Crippen molar-refractivity contribution < 1.29 is 14.6 Å². The summed E-state index contributed by atoms with van der Waals surface area (Å²) in [4.78, 5) is 0. The molecule has 1 fully saturated rings. The molecule has 0 atom stereocenters. The lowest BCUT2D eigenvalue weighted by atomic mass is 9.72. The molecule has 1 saturated heterocycles. The molecule has 128 valence electrons. The van der Waals surface area contributed by atoms with Crippen LogP contribution in [0.1, 0.15) is 24.0 Å². The van der Waals surface area contributed by atoms with Crippen LogP contribution in [0.2, 0.25) is 0 Å². The highest BCUT2D eigenvalue weighted by Crippen LogP contribution is 2.41. The van der Waals surface area contributed by atoms with E-state index in [1.807, 2.05) is 48.5 Å². The van der Waals surface area contributed by atoms with E-state index in [0.29, 0.717) is 0 Å². The first-order chi connectivity index (χ1) is 11.7. The van der Waals surface area contributed by atoms with E-state index in [4.69, 9.17) is 9.47 Å². The number of aliphatic hydroxyl groups is 1. The third kappa shape index (κ3) is 3.12. The molecule has 24 heavy (non-hydrogen) atoms. The SMILES string of the molecule is COc1ccc(C(O)(c2ccc(OC)cc2)C2CCNCC2)cc1. The van der Waals surface area contributed by atoms with E-state index in [1.54, 1.807) is 14.2 Å². The van der Waals surface area contributed by atoms with E-state index in [9.17, 15) is 5.11 Å². The topological polar surface area (TPSA) is 50.7 Å². The van der Waals surface area contributed by atoms with E-state index in [1.165, 1.54) is 0 Å². The molecule has 0 bridgehead atoms. The lowest BCUT2D eigenvalue weighted by Gasteiger charge is -2.39. The average molecular weight is 327 g/mol. The second kappa shape index (κ2) is 7.24. The van der Waals surface area contributed by atoms with E-state index >= 15 is 0 Å². The smallest absolute Gasteiger partial charge is 0.118 e. The average Bonchev–Trinajstić information content (AvgIpc) is 2.68. The van der Waals surface area contributed by atoms with Gasteiger partial charge >= 0.3 is 0 Å². The molecular formula is C20H25NO3. The van der Waals surface area contributed by atoms with Crippen molar-refractivity contribution in [3.05, 3.63) is 59.7 Å². The van der Waals surface area contributed by atoms with Gasteiger partial charge in [0.15, 0.2) is 0 Å². The summed E-state index contributed by atoms with van der Waals surface area (Å²) in [6.45, 7) is 1.86. The predicted octanol–water partition coefficient (Wildman–Crippen LogP) is 2.94. The van der Waals surface area contributed by atoms with Crippen LogP contribution in [-0.4, -0.2) is 32.4 Å². The predicted molar refractivity (Wildman–Crippen MR) is 94.6 cm³/mol. The molecule has 1 heterocycles. The number of rotatable bonds is 5. The number of nitrogens with one attached hydrogen (secondary N) is 1. The molecular weight excluding hydrogens is 302 g/mol. The van der Waals surface area contributed by atoms with Crippen LogP contribution in [-0.2, 0) is 5.60 Å². The molecule has 0 radical (unpaired) electrons. The van der Waals surface area contributed by atoms with Crippen molar-refractivity contribution in [1.82, 2.24) is 5.32 Å². The first-order valence-electron chi connectivity index (χ1n) is 8.40. The zero-order chi connectivity index (χ0) is 17.0. The molecule has 0 saturated carbocycles. The summed E-state index contributed by atoms with van der Waals surface area (Å²) in [5.41, 5.74) is 0.793. The summed E-state index contributed by atoms with van der Waals surface area (Å²) < 4.78 is 10.5. The van der Waals surface area contributed by atoms with Crippen LogP contribution >= 0.6 is 0 Å². The first kappa shape index (κ1) is 16.8. The van der Waals surface area contributed by atoms with Crippen LogP contribution < -0.4 is 14.8 Å². The van der Waals surface area contributed by atoms with Crippen molar-refractivity contribution in [2.45, 2.75) is 18.4 Å². The fraction of sp³-hybridized carbons (Fsp3) is 0.400. The van der Waals surface area contributed by atoms with Gasteiger partial charge in [0, 0.05) is 0 Å². The zero-order valence-corrected chi connectivity index (χ0v) is 14.3. The third-order valence-corrected chi connectivity index (χ3v) is 4.99. The molecule has 0 aromatic heterocycles. The number of hydrogen-bond donors (Lipinski definition) is 2. The van der Waals surface area contributed by atoms with Crippen LogP contribution in [0.3, 0.4) is 0 Å². The van der Waals surface area contributed by atoms with Crippen molar-refractivity contribution in [3.63, 3.8) is 0 Å². The quantitative estimate of drug-likeness (QED) is 0.886. The molecule has 2 aromatic rings. The maximum absolute atomic E-state index is 11.8. The maximum atomic E-state index is 11.8. The van der Waals surface area contributed by atoms with Crippen LogP contribution in [0.4, 0.5) is 0 Å². The van der Waals surface area contributed by atoms with E-state index in [-0.39, 0.29) is 5.92 Å². The van der Waals surface area contributed by atoms with Gasteiger partial charge in [-0.1, -0.05) is 24.3 Å². The second-order valence-electron chi connectivity index (χ2n) is 6.25. The van der Waals surface area contributed by atoms with Crippen molar-refractivity contribution >= 4 is 0 Å². The summed E-state index contributed by atoms with van der Waals surface area (Å²) in [6, 6.07) is 15.5. The van der Waals surface area contributed by atoms with Crippen LogP contribution in [0.5, 0.6) is 11.5 Å². The molecule has 2 aromatic carbocycles. The molecule has 4 nitrogen and oxygen atoms in total. The Hall–Kier alpha value is -2.04. The first-order valence-corrected chi connectivity index (χ1v) is 8.40. The minimum Gasteiger partial charge on any atom is -0.497 e. The van der Waals surface area contributed by atoms with Crippen molar-refractivity contribution in [1.29, 1.82) is 0 Å². The van der Waals surface area contributed by atoms with E-state index in [0.717, 1.165) is 48.6 Å². The summed E-state index contributed by atoms with van der Waals surface area (Å²) in [7, 11) is 3.30. The highest BCUT2D eigenvalue weighted by molar-refractivity contribution is 5.41. The van der Waals surface area contributed by atoms with Crippen molar-refractivity contribution in [3.8, 4) is 11.5 Å². The Labute approximate surface area is 143 Å². The monoisotopic (exact) mass is 327 g/mol. The summed E-state index contributed by atoms with van der Waals surface area (Å²) in [5, 5.41) is 15.2. The van der Waals surface area contributed by atoms with E-state index < -0.39 is 5.60 Å². The van der Waals surface area contributed by atoms with Crippen LogP contribution in [0.15, 0.2) is 48.5 Å². The van der Waals surface area contributed by atoms with Gasteiger partial charge < -0.3 is 19.9 Å². The molecule has 1 aliphatic rings. The summed E-state index contributed by atoms with van der Waals surface area (Å²) in [6.07, 6.45) is 1.88. The largest absolute Gasteiger partial charge is 0.497 e. The van der Waals surface area contributed by atoms with Gasteiger partial charge in [-0.05, 0) is 67.2 Å². The lowest BCUT2D eigenvalue weighted by Crippen LogP contribution is -2.42. The maximum Gasteiger partial charge on any atom is 0.118 e. The van der Waals surface area contributed by atoms with Gasteiger partial charge in [0.2, 0.25) is 0 Å². The Morgan fingerprint density at radius 1 is 0.833 bits per heavy atom. The molecule has 0 unspecified atom stereocenters. The fourth-order valence-corrected chi connectivity index (χ4v) is 3.57. The van der Waals surface area contributed by atoms with Crippen molar-refractivity contribution in [2.24, 2.45) is 5.92 Å². The number of methoxy groups -OCH3 is 2. The molecule has 1 aliphatic heterocycles. The fourth-order valence-electron chi connectivity index (χ4n) is 3.57. The molecule has 0 aliphatic carbocycles. The summed E-state index contributed by atoms with van der Waals surface area (Å²) in [5.74, 6) is 1.75. The number of hydrogen-bond acceptors (Lipinski definition) is 4. The Balaban J connectivity index is 2.04. The number of piperidine rings is 1. The lowest BCUT2D eigenvalue weighted by molar-refractivity contribution is 0.00230. The minimum absolute atomic E-state index is 0.167. The number of ether oxygens (including phenoxy) is 2. The Morgan fingerprint density at radius 2 is 1.25 bits per heavy atom. The number of benzene rings is 2. The van der Waals surface area contributed by atoms with Crippen molar-refractivity contribution in [2.75, 3.05) is 27.3 Å². The van der Waals surface area contributed by atoms with Gasteiger partial charge in [-0.25, -0.2) is 0 Å². The zero-order valence-electron chi connectivity index (χ0n) is 14.3. The summed E-state index contributed by atoms with van der Waals surface area (Å²) >= 11 is 0. The highest BCUT2D eigenvalue weighted by atomic mass is 16.5. The molecule has 2 N–H and O–H groups in total. The van der Waals surface area contributed by atoms with Gasteiger partial charge in [0.05, 0.1) is 14.2 Å². The van der Waals surface area contributed by atoms with Gasteiger partial charge in [-0.15, -0.1) is 0 Å².